The molecule has 0 bridgehead atoms. The number of amidine groups is 1. The van der Waals surface area contributed by atoms with E-state index in [1.807, 2.05) is 0 Å². The Labute approximate surface area is 118 Å². The van der Waals surface area contributed by atoms with Crippen molar-refractivity contribution < 1.29 is 13.6 Å². The van der Waals surface area contributed by atoms with Gasteiger partial charge in [-0.3, -0.25) is 0 Å². The first kappa shape index (κ1) is 15.2. The summed E-state index contributed by atoms with van der Waals surface area (Å²) in [6, 6.07) is 4.26. The largest absolute Gasteiger partial charge is 0.409 e. The minimum Gasteiger partial charge on any atom is -0.409 e. The fourth-order valence-electron chi connectivity index (χ4n) is 1.09. The third kappa shape index (κ3) is 4.13. The van der Waals surface area contributed by atoms with Crippen molar-refractivity contribution in [3.05, 3.63) is 27.7 Å². The molecule has 1 aromatic rings. The number of hydrogen-bond acceptors (Lipinski definition) is 4. The SMILES string of the molecule is N/C(CCNS(=O)(=O)c1ccc(Cl)c(Br)c1)=N/O. The zero-order valence-electron chi connectivity index (χ0n) is 9.10. The molecule has 0 heterocycles. The highest BCUT2D eigenvalue weighted by Crippen LogP contribution is 2.25. The van der Waals surface area contributed by atoms with Crippen LogP contribution >= 0.6 is 27.5 Å². The molecule has 4 N–H and O–H groups in total. The van der Waals surface area contributed by atoms with Crippen molar-refractivity contribution in [2.45, 2.75) is 11.3 Å². The lowest BCUT2D eigenvalue weighted by Crippen LogP contribution is -2.28. The second-order valence-corrected chi connectivity index (χ2v) is 6.34. The predicted octanol–water partition coefficient (Wildman–Crippen LogP) is 1.52. The summed E-state index contributed by atoms with van der Waals surface area (Å²) in [5, 5.41) is 11.5. The molecule has 1 aromatic carbocycles. The second-order valence-electron chi connectivity index (χ2n) is 3.32. The Morgan fingerprint density at radius 1 is 1.56 bits per heavy atom. The molecular formula is C9H11BrClN3O3S. The third-order valence-electron chi connectivity index (χ3n) is 2.00. The van der Waals surface area contributed by atoms with Gasteiger partial charge in [0.05, 0.1) is 9.92 Å². The smallest absolute Gasteiger partial charge is 0.240 e. The molecule has 0 aliphatic rings. The molecule has 9 heteroatoms. The number of halogens is 2. The van der Waals surface area contributed by atoms with Crippen molar-refractivity contribution in [1.29, 1.82) is 0 Å². The molecular weight excluding hydrogens is 346 g/mol. The average molecular weight is 357 g/mol. The van der Waals surface area contributed by atoms with Crippen LogP contribution in [0.15, 0.2) is 32.7 Å². The molecule has 18 heavy (non-hydrogen) atoms. The van der Waals surface area contributed by atoms with Crippen LogP contribution < -0.4 is 10.5 Å². The summed E-state index contributed by atoms with van der Waals surface area (Å²) in [6.45, 7) is 0.0402. The van der Waals surface area contributed by atoms with Gasteiger partial charge in [0.15, 0.2) is 0 Å². The van der Waals surface area contributed by atoms with Gasteiger partial charge in [-0.05, 0) is 34.1 Å². The lowest BCUT2D eigenvalue weighted by atomic mass is 10.4. The number of benzene rings is 1. The highest BCUT2D eigenvalue weighted by molar-refractivity contribution is 9.10. The van der Waals surface area contributed by atoms with Gasteiger partial charge < -0.3 is 10.9 Å². The van der Waals surface area contributed by atoms with Crippen LogP contribution in [0.5, 0.6) is 0 Å². The highest BCUT2D eigenvalue weighted by Gasteiger charge is 2.14. The van der Waals surface area contributed by atoms with Gasteiger partial charge in [0.25, 0.3) is 0 Å². The summed E-state index contributed by atoms with van der Waals surface area (Å²) in [4.78, 5) is 0.0817. The van der Waals surface area contributed by atoms with Crippen molar-refractivity contribution in [2.24, 2.45) is 10.9 Å². The Morgan fingerprint density at radius 2 is 2.22 bits per heavy atom. The number of nitrogens with two attached hydrogens (primary N) is 1. The van der Waals surface area contributed by atoms with Gasteiger partial charge in [-0.15, -0.1) is 0 Å². The van der Waals surface area contributed by atoms with E-state index in [0.29, 0.717) is 9.50 Å². The van der Waals surface area contributed by atoms with Crippen molar-refractivity contribution in [2.75, 3.05) is 6.54 Å². The Kier molecular flexibility index (Phi) is 5.39. The van der Waals surface area contributed by atoms with Crippen LogP contribution in [0.3, 0.4) is 0 Å². The topological polar surface area (TPSA) is 105 Å². The molecule has 0 atom stereocenters. The first-order chi connectivity index (χ1) is 8.36. The van der Waals surface area contributed by atoms with Crippen LogP contribution in [0, 0.1) is 0 Å². The fraction of sp³-hybridized carbons (Fsp3) is 0.222. The Bertz CT molecular complexity index is 562. The molecule has 0 unspecified atom stereocenters. The van der Waals surface area contributed by atoms with Gasteiger partial charge in [0, 0.05) is 17.4 Å². The molecule has 0 aliphatic carbocycles. The molecule has 0 spiro atoms. The zero-order valence-corrected chi connectivity index (χ0v) is 12.3. The van der Waals surface area contributed by atoms with E-state index >= 15 is 0 Å². The van der Waals surface area contributed by atoms with Gasteiger partial charge in [-0.1, -0.05) is 16.8 Å². The monoisotopic (exact) mass is 355 g/mol. The van der Waals surface area contributed by atoms with E-state index in [1.165, 1.54) is 18.2 Å². The second kappa shape index (κ2) is 6.37. The van der Waals surface area contributed by atoms with Crippen LogP contribution in [0.4, 0.5) is 0 Å². The number of oxime groups is 1. The van der Waals surface area contributed by atoms with E-state index in [2.05, 4.69) is 25.8 Å². The molecule has 100 valence electrons. The van der Waals surface area contributed by atoms with Gasteiger partial charge in [0.2, 0.25) is 10.0 Å². The van der Waals surface area contributed by atoms with Gasteiger partial charge >= 0.3 is 0 Å². The molecule has 0 radical (unpaired) electrons. The lowest BCUT2D eigenvalue weighted by molar-refractivity contribution is 0.317. The Morgan fingerprint density at radius 3 is 2.78 bits per heavy atom. The maximum absolute atomic E-state index is 11.8. The van der Waals surface area contributed by atoms with Crippen molar-refractivity contribution in [1.82, 2.24) is 4.72 Å². The molecule has 0 fully saturated rings. The highest BCUT2D eigenvalue weighted by atomic mass is 79.9. The standard InChI is InChI=1S/C9H11BrClN3O3S/c10-7-5-6(1-2-8(7)11)18(16,17)13-4-3-9(12)14-15/h1-2,5,13,15H,3-4H2,(H2,12,14). The number of sulfonamides is 1. The van der Waals surface area contributed by atoms with Gasteiger partial charge in [-0.25, -0.2) is 13.1 Å². The number of hydrogen-bond donors (Lipinski definition) is 3. The van der Waals surface area contributed by atoms with Gasteiger partial charge in [0.1, 0.15) is 5.84 Å². The first-order valence-electron chi connectivity index (χ1n) is 4.78. The molecule has 1 rings (SSSR count). The van der Waals surface area contributed by atoms with Crippen molar-refractivity contribution >= 4 is 43.4 Å². The minimum atomic E-state index is -3.63. The quantitative estimate of drug-likeness (QED) is 0.322. The van der Waals surface area contributed by atoms with E-state index in [9.17, 15) is 8.42 Å². The summed E-state index contributed by atoms with van der Waals surface area (Å²) in [6.07, 6.45) is 0.116. The van der Waals surface area contributed by atoms with Gasteiger partial charge in [-0.2, -0.15) is 0 Å². The fourth-order valence-corrected chi connectivity index (χ4v) is 2.80. The molecule has 0 aliphatic heterocycles. The molecule has 6 nitrogen and oxygen atoms in total. The maximum Gasteiger partial charge on any atom is 0.240 e. The Hall–Kier alpha value is -0.830. The number of rotatable bonds is 5. The number of nitrogens with zero attached hydrogens (tertiary/aromatic N) is 1. The summed E-state index contributed by atoms with van der Waals surface area (Å²) < 4.78 is 26.5. The van der Waals surface area contributed by atoms with E-state index in [-0.39, 0.29) is 23.7 Å². The average Bonchev–Trinajstić information content (AvgIpc) is 2.32. The molecule has 0 aromatic heterocycles. The van der Waals surface area contributed by atoms with Crippen LogP contribution in [-0.2, 0) is 10.0 Å². The zero-order chi connectivity index (χ0) is 13.8. The van der Waals surface area contributed by atoms with Crippen LogP contribution in [0.1, 0.15) is 6.42 Å². The molecule has 0 amide bonds. The normalized spacial score (nSPS) is 12.7. The van der Waals surface area contributed by atoms with E-state index < -0.39 is 10.0 Å². The van der Waals surface area contributed by atoms with Crippen LogP contribution in [-0.4, -0.2) is 26.0 Å². The predicted molar refractivity (Wildman–Crippen MR) is 72.4 cm³/mol. The van der Waals surface area contributed by atoms with E-state index in [0.717, 1.165) is 0 Å². The van der Waals surface area contributed by atoms with E-state index in [1.54, 1.807) is 0 Å². The first-order valence-corrected chi connectivity index (χ1v) is 7.43. The van der Waals surface area contributed by atoms with E-state index in [4.69, 9.17) is 22.5 Å². The maximum atomic E-state index is 11.8. The minimum absolute atomic E-state index is 0.0402. The van der Waals surface area contributed by atoms with Crippen LogP contribution in [0.25, 0.3) is 0 Å². The summed E-state index contributed by atoms with van der Waals surface area (Å²) in [7, 11) is -3.63. The summed E-state index contributed by atoms with van der Waals surface area (Å²) >= 11 is 8.92. The summed E-state index contributed by atoms with van der Waals surface area (Å²) in [5.74, 6) is -0.0463. The third-order valence-corrected chi connectivity index (χ3v) is 4.68. The van der Waals surface area contributed by atoms with Crippen LogP contribution in [0.2, 0.25) is 5.02 Å². The molecule has 0 saturated heterocycles. The lowest BCUT2D eigenvalue weighted by Gasteiger charge is -2.07. The summed E-state index contributed by atoms with van der Waals surface area (Å²) in [5.41, 5.74) is 5.23. The molecule has 0 saturated carbocycles. The van der Waals surface area contributed by atoms with Crippen molar-refractivity contribution in [3.8, 4) is 0 Å². The Balaban J connectivity index is 2.77. The van der Waals surface area contributed by atoms with Crippen molar-refractivity contribution in [3.63, 3.8) is 0 Å². The number of nitrogens with one attached hydrogen (secondary N) is 1.